The summed E-state index contributed by atoms with van der Waals surface area (Å²) < 4.78 is 6.05. The van der Waals surface area contributed by atoms with Crippen molar-refractivity contribution in [3.8, 4) is 5.75 Å². The van der Waals surface area contributed by atoms with Crippen molar-refractivity contribution in [2.45, 2.75) is 52.0 Å². The molecule has 2 rings (SSSR count). The summed E-state index contributed by atoms with van der Waals surface area (Å²) in [5.74, 6) is 0.902. The summed E-state index contributed by atoms with van der Waals surface area (Å²) in [6.07, 6.45) is 1.47. The Bertz CT molecular complexity index is 692. The van der Waals surface area contributed by atoms with Crippen LogP contribution in [0.2, 0.25) is 0 Å². The quantitative estimate of drug-likeness (QED) is 0.657. The molecule has 2 aromatic carbocycles. The predicted octanol–water partition coefficient (Wildman–Crippen LogP) is 5.47. The van der Waals surface area contributed by atoms with Crippen molar-refractivity contribution in [1.82, 2.24) is 0 Å². The fourth-order valence-electron chi connectivity index (χ4n) is 2.51. The molecule has 0 saturated carbocycles. The zero-order chi connectivity index (χ0) is 16.8. The maximum atomic E-state index is 11.8. The summed E-state index contributed by atoms with van der Waals surface area (Å²) in [6.45, 7) is 8.66. The van der Waals surface area contributed by atoms with Crippen LogP contribution in [-0.4, -0.2) is 5.12 Å². The lowest BCUT2D eigenvalue weighted by Crippen LogP contribution is -2.04. The molecule has 0 bridgehead atoms. The molecule has 23 heavy (non-hydrogen) atoms. The lowest BCUT2D eigenvalue weighted by atomic mass is 10.1. The second-order valence-corrected chi connectivity index (χ2v) is 6.73. The Morgan fingerprint density at radius 3 is 2.57 bits per heavy atom. The van der Waals surface area contributed by atoms with E-state index in [0.717, 1.165) is 28.2 Å². The molecule has 0 aliphatic heterocycles. The fourth-order valence-corrected chi connectivity index (χ4v) is 3.36. The molecule has 0 N–H and O–H groups in total. The minimum absolute atomic E-state index is 0.186. The molecule has 0 saturated heterocycles. The third-order valence-corrected chi connectivity index (χ3v) is 4.94. The maximum absolute atomic E-state index is 11.8. The summed E-state index contributed by atoms with van der Waals surface area (Å²) >= 11 is 1.32. The van der Waals surface area contributed by atoms with Gasteiger partial charge in [0.05, 0.1) is 0 Å². The van der Waals surface area contributed by atoms with E-state index in [-0.39, 0.29) is 5.12 Å². The number of ether oxygens (including phenoxy) is 1. The van der Waals surface area contributed by atoms with Gasteiger partial charge in [-0.15, -0.1) is 0 Å². The number of hydrogen-bond acceptors (Lipinski definition) is 3. The standard InChI is InChI=1S/C20H24O2S/c1-5-16-8-7-9-19(23-20(21)6-2)17(16)13-22-18-11-10-14(3)12-15(18)4/h7-12H,5-6,13H2,1-4H3. The first-order valence-electron chi connectivity index (χ1n) is 8.06. The second-order valence-electron chi connectivity index (χ2n) is 5.63. The molecule has 0 aliphatic carbocycles. The van der Waals surface area contributed by atoms with Gasteiger partial charge < -0.3 is 4.74 Å². The molecule has 122 valence electrons. The summed E-state index contributed by atoms with van der Waals surface area (Å²) in [4.78, 5) is 12.8. The maximum Gasteiger partial charge on any atom is 0.193 e. The average Bonchev–Trinajstić information content (AvgIpc) is 2.54. The van der Waals surface area contributed by atoms with Crippen LogP contribution in [-0.2, 0) is 17.8 Å². The molecule has 0 aromatic heterocycles. The Morgan fingerprint density at radius 1 is 1.13 bits per heavy atom. The number of thioether (sulfide) groups is 1. The number of benzene rings is 2. The van der Waals surface area contributed by atoms with Crippen molar-refractivity contribution < 1.29 is 9.53 Å². The predicted molar refractivity (Wildman–Crippen MR) is 97.2 cm³/mol. The van der Waals surface area contributed by atoms with E-state index in [4.69, 9.17) is 4.74 Å². The van der Waals surface area contributed by atoms with Crippen LogP contribution in [0.3, 0.4) is 0 Å². The van der Waals surface area contributed by atoms with Crippen LogP contribution in [0.15, 0.2) is 41.3 Å². The topological polar surface area (TPSA) is 26.3 Å². The molecule has 0 unspecified atom stereocenters. The fraction of sp³-hybridized carbons (Fsp3) is 0.350. The van der Waals surface area contributed by atoms with E-state index in [1.54, 1.807) is 0 Å². The van der Waals surface area contributed by atoms with E-state index in [0.29, 0.717) is 13.0 Å². The number of aryl methyl sites for hydroxylation is 3. The van der Waals surface area contributed by atoms with Gasteiger partial charge in [-0.1, -0.05) is 55.4 Å². The van der Waals surface area contributed by atoms with E-state index in [2.05, 4.69) is 39.0 Å². The van der Waals surface area contributed by atoms with Crippen molar-refractivity contribution in [1.29, 1.82) is 0 Å². The summed E-state index contributed by atoms with van der Waals surface area (Å²) in [6, 6.07) is 12.3. The Kier molecular flexibility index (Phi) is 6.28. The second kappa shape index (κ2) is 8.21. The van der Waals surface area contributed by atoms with Crippen LogP contribution < -0.4 is 4.74 Å². The van der Waals surface area contributed by atoms with Crippen LogP contribution in [0.1, 0.15) is 42.5 Å². The van der Waals surface area contributed by atoms with Crippen LogP contribution in [0, 0.1) is 13.8 Å². The molecule has 3 heteroatoms. The number of hydrogen-bond donors (Lipinski definition) is 0. The van der Waals surface area contributed by atoms with E-state index in [1.807, 2.05) is 25.1 Å². The molecular weight excluding hydrogens is 304 g/mol. The minimum Gasteiger partial charge on any atom is -0.489 e. The number of carbonyl (C=O) groups excluding carboxylic acids is 1. The van der Waals surface area contributed by atoms with Crippen LogP contribution in [0.4, 0.5) is 0 Å². The molecule has 0 radical (unpaired) electrons. The molecule has 0 aliphatic rings. The number of carbonyl (C=O) groups is 1. The van der Waals surface area contributed by atoms with Crippen LogP contribution in [0.5, 0.6) is 5.75 Å². The first kappa shape index (κ1) is 17.6. The highest BCUT2D eigenvalue weighted by atomic mass is 32.2. The lowest BCUT2D eigenvalue weighted by Gasteiger charge is -2.15. The van der Waals surface area contributed by atoms with Crippen molar-refractivity contribution in [2.24, 2.45) is 0 Å². The highest BCUT2D eigenvalue weighted by molar-refractivity contribution is 8.13. The monoisotopic (exact) mass is 328 g/mol. The summed E-state index contributed by atoms with van der Waals surface area (Å²) in [5.41, 5.74) is 4.73. The molecule has 0 amide bonds. The van der Waals surface area contributed by atoms with Gasteiger partial charge in [-0.3, -0.25) is 4.79 Å². The first-order valence-corrected chi connectivity index (χ1v) is 8.88. The average molecular weight is 328 g/mol. The molecule has 0 heterocycles. The van der Waals surface area contributed by atoms with Crippen molar-refractivity contribution in [3.05, 3.63) is 58.7 Å². The third-order valence-electron chi connectivity index (χ3n) is 3.83. The van der Waals surface area contributed by atoms with Gasteiger partial charge in [-0.2, -0.15) is 0 Å². The van der Waals surface area contributed by atoms with Crippen molar-refractivity contribution in [3.63, 3.8) is 0 Å². The summed E-state index contributed by atoms with van der Waals surface area (Å²) in [7, 11) is 0. The Hall–Kier alpha value is -1.74. The van der Waals surface area contributed by atoms with E-state index in [9.17, 15) is 4.79 Å². The molecule has 2 nitrogen and oxygen atoms in total. The van der Waals surface area contributed by atoms with Crippen LogP contribution in [0.25, 0.3) is 0 Å². The Morgan fingerprint density at radius 2 is 1.91 bits per heavy atom. The van der Waals surface area contributed by atoms with Gasteiger partial charge in [0.1, 0.15) is 12.4 Å². The zero-order valence-corrected chi connectivity index (χ0v) is 15.1. The van der Waals surface area contributed by atoms with E-state index < -0.39 is 0 Å². The van der Waals surface area contributed by atoms with Gasteiger partial charge in [-0.25, -0.2) is 0 Å². The van der Waals surface area contributed by atoms with Crippen molar-refractivity contribution >= 4 is 16.9 Å². The molecule has 0 spiro atoms. The largest absolute Gasteiger partial charge is 0.489 e. The van der Waals surface area contributed by atoms with E-state index >= 15 is 0 Å². The van der Waals surface area contributed by atoms with Gasteiger partial charge in [0.15, 0.2) is 5.12 Å². The van der Waals surface area contributed by atoms with Gasteiger partial charge >= 0.3 is 0 Å². The van der Waals surface area contributed by atoms with Gasteiger partial charge in [-0.05, 0) is 43.5 Å². The van der Waals surface area contributed by atoms with Crippen LogP contribution >= 0.6 is 11.8 Å². The SMILES string of the molecule is CCC(=O)Sc1cccc(CC)c1COc1ccc(C)cc1C. The number of rotatable bonds is 6. The Labute approximate surface area is 143 Å². The highest BCUT2D eigenvalue weighted by Crippen LogP contribution is 2.29. The third kappa shape index (κ3) is 4.61. The summed E-state index contributed by atoms with van der Waals surface area (Å²) in [5, 5.41) is 0.186. The minimum atomic E-state index is 0.186. The Balaban J connectivity index is 2.24. The smallest absolute Gasteiger partial charge is 0.193 e. The van der Waals surface area contributed by atoms with Gasteiger partial charge in [0.25, 0.3) is 0 Å². The van der Waals surface area contributed by atoms with Gasteiger partial charge in [0, 0.05) is 16.9 Å². The van der Waals surface area contributed by atoms with Gasteiger partial charge in [0.2, 0.25) is 0 Å². The van der Waals surface area contributed by atoms with E-state index in [1.165, 1.54) is 22.9 Å². The lowest BCUT2D eigenvalue weighted by molar-refractivity contribution is -0.110. The molecular formula is C20H24O2S. The van der Waals surface area contributed by atoms with Crippen molar-refractivity contribution in [2.75, 3.05) is 0 Å². The normalized spacial score (nSPS) is 10.6. The molecule has 0 fully saturated rings. The molecule has 2 aromatic rings. The highest BCUT2D eigenvalue weighted by Gasteiger charge is 2.12. The molecule has 0 atom stereocenters. The zero-order valence-electron chi connectivity index (χ0n) is 14.3. The first-order chi connectivity index (χ1) is 11.0.